The molecular weight excluding hydrogens is 318 g/mol. The van der Waals surface area contributed by atoms with Gasteiger partial charge in [0.15, 0.2) is 5.96 Å². The van der Waals surface area contributed by atoms with Crippen LogP contribution in [0.15, 0.2) is 41.5 Å². The number of aliphatic imine (C=N–C) groups is 1. The van der Waals surface area contributed by atoms with E-state index >= 15 is 0 Å². The number of rotatable bonds is 7. The van der Waals surface area contributed by atoms with Gasteiger partial charge in [-0.15, -0.1) is 11.3 Å². The molecule has 0 aliphatic heterocycles. The molecule has 0 bridgehead atoms. The summed E-state index contributed by atoms with van der Waals surface area (Å²) in [7, 11) is 3.94. The highest BCUT2D eigenvalue weighted by atomic mass is 32.1. The SMILES string of the molecule is CN=C(NCc1ncc(C)s1)NCC(C)N(C)Cc1ccccc1. The summed E-state index contributed by atoms with van der Waals surface area (Å²) in [6.45, 7) is 6.76. The van der Waals surface area contributed by atoms with E-state index in [4.69, 9.17) is 0 Å². The zero-order chi connectivity index (χ0) is 17.4. The summed E-state index contributed by atoms with van der Waals surface area (Å²) < 4.78 is 0. The van der Waals surface area contributed by atoms with Crippen molar-refractivity contribution in [3.63, 3.8) is 0 Å². The highest BCUT2D eigenvalue weighted by molar-refractivity contribution is 7.11. The molecule has 1 atom stereocenters. The van der Waals surface area contributed by atoms with Crippen LogP contribution in [0.5, 0.6) is 0 Å². The van der Waals surface area contributed by atoms with Crippen molar-refractivity contribution in [2.45, 2.75) is 33.0 Å². The summed E-state index contributed by atoms with van der Waals surface area (Å²) >= 11 is 1.71. The van der Waals surface area contributed by atoms with E-state index in [1.54, 1.807) is 18.4 Å². The average molecular weight is 346 g/mol. The molecule has 0 aliphatic carbocycles. The van der Waals surface area contributed by atoms with Crippen molar-refractivity contribution in [2.24, 2.45) is 4.99 Å². The third kappa shape index (κ3) is 5.94. The number of aromatic nitrogens is 1. The minimum absolute atomic E-state index is 0.394. The van der Waals surface area contributed by atoms with E-state index in [2.05, 4.69) is 70.7 Å². The van der Waals surface area contributed by atoms with Gasteiger partial charge in [-0.1, -0.05) is 30.3 Å². The number of thiazole rings is 1. The fourth-order valence-corrected chi connectivity index (χ4v) is 3.02. The molecule has 1 heterocycles. The minimum Gasteiger partial charge on any atom is -0.355 e. The van der Waals surface area contributed by atoms with Gasteiger partial charge in [-0.3, -0.25) is 9.89 Å². The zero-order valence-corrected chi connectivity index (χ0v) is 15.7. The largest absolute Gasteiger partial charge is 0.355 e. The summed E-state index contributed by atoms with van der Waals surface area (Å²) in [5.74, 6) is 0.808. The van der Waals surface area contributed by atoms with Crippen LogP contribution < -0.4 is 10.6 Å². The molecule has 0 fully saturated rings. The smallest absolute Gasteiger partial charge is 0.191 e. The first-order valence-corrected chi connectivity index (χ1v) is 9.00. The van der Waals surface area contributed by atoms with Crippen molar-refractivity contribution in [1.29, 1.82) is 0 Å². The van der Waals surface area contributed by atoms with Gasteiger partial charge in [-0.05, 0) is 26.5 Å². The van der Waals surface area contributed by atoms with Crippen molar-refractivity contribution in [3.05, 3.63) is 52.0 Å². The van der Waals surface area contributed by atoms with Crippen LogP contribution in [0.3, 0.4) is 0 Å². The molecule has 5 nitrogen and oxygen atoms in total. The number of hydrogen-bond acceptors (Lipinski definition) is 4. The first-order valence-electron chi connectivity index (χ1n) is 8.18. The number of nitrogens with one attached hydrogen (secondary N) is 2. The second-order valence-corrected chi connectivity index (χ2v) is 7.24. The maximum atomic E-state index is 4.36. The molecule has 1 unspecified atom stereocenters. The molecule has 2 N–H and O–H groups in total. The first kappa shape index (κ1) is 18.4. The van der Waals surface area contributed by atoms with E-state index in [0.717, 1.165) is 24.1 Å². The third-order valence-electron chi connectivity index (χ3n) is 3.89. The van der Waals surface area contributed by atoms with E-state index in [-0.39, 0.29) is 0 Å². The monoisotopic (exact) mass is 345 g/mol. The van der Waals surface area contributed by atoms with Crippen molar-refractivity contribution in [2.75, 3.05) is 20.6 Å². The Bertz CT molecular complexity index is 638. The highest BCUT2D eigenvalue weighted by Crippen LogP contribution is 2.10. The van der Waals surface area contributed by atoms with Gasteiger partial charge in [0.05, 0.1) is 6.54 Å². The Morgan fingerprint density at radius 3 is 2.67 bits per heavy atom. The van der Waals surface area contributed by atoms with Gasteiger partial charge in [0, 0.05) is 37.3 Å². The van der Waals surface area contributed by atoms with Crippen molar-refractivity contribution < 1.29 is 0 Å². The summed E-state index contributed by atoms with van der Waals surface area (Å²) in [5, 5.41) is 7.77. The van der Waals surface area contributed by atoms with E-state index in [0.29, 0.717) is 12.6 Å². The molecule has 0 saturated carbocycles. The predicted octanol–water partition coefficient (Wildman–Crippen LogP) is 2.64. The minimum atomic E-state index is 0.394. The van der Waals surface area contributed by atoms with Gasteiger partial charge < -0.3 is 10.6 Å². The van der Waals surface area contributed by atoms with Crippen LogP contribution in [0.1, 0.15) is 22.4 Å². The Morgan fingerprint density at radius 2 is 2.04 bits per heavy atom. The Labute approximate surface area is 148 Å². The molecule has 1 aromatic heterocycles. The lowest BCUT2D eigenvalue weighted by molar-refractivity contribution is 0.249. The number of benzene rings is 1. The second-order valence-electron chi connectivity index (χ2n) is 5.92. The first-order chi connectivity index (χ1) is 11.6. The topological polar surface area (TPSA) is 52.6 Å². The summed E-state index contributed by atoms with van der Waals surface area (Å²) in [4.78, 5) is 12.2. The maximum absolute atomic E-state index is 4.36. The number of nitrogens with zero attached hydrogens (tertiary/aromatic N) is 3. The fourth-order valence-electron chi connectivity index (χ4n) is 2.29. The van der Waals surface area contributed by atoms with Gasteiger partial charge in [0.2, 0.25) is 0 Å². The van der Waals surface area contributed by atoms with E-state index in [9.17, 15) is 0 Å². The van der Waals surface area contributed by atoms with Crippen LogP contribution in [0.25, 0.3) is 0 Å². The molecule has 0 amide bonds. The normalized spacial score (nSPS) is 13.1. The molecule has 24 heavy (non-hydrogen) atoms. The van der Waals surface area contributed by atoms with Crippen molar-refractivity contribution in [1.82, 2.24) is 20.5 Å². The number of guanidine groups is 1. The summed E-state index contributed by atoms with van der Waals surface area (Å²) in [6.07, 6.45) is 1.90. The van der Waals surface area contributed by atoms with E-state index < -0.39 is 0 Å². The van der Waals surface area contributed by atoms with Gasteiger partial charge in [0.25, 0.3) is 0 Å². The molecule has 2 rings (SSSR count). The van der Waals surface area contributed by atoms with Gasteiger partial charge in [0.1, 0.15) is 5.01 Å². The van der Waals surface area contributed by atoms with Crippen LogP contribution in [0.2, 0.25) is 0 Å². The Morgan fingerprint density at radius 1 is 1.29 bits per heavy atom. The Hall–Kier alpha value is -1.92. The summed E-state index contributed by atoms with van der Waals surface area (Å²) in [6, 6.07) is 10.9. The van der Waals surface area contributed by atoms with Crippen molar-refractivity contribution in [3.8, 4) is 0 Å². The lowest BCUT2D eigenvalue weighted by Gasteiger charge is -2.25. The zero-order valence-electron chi connectivity index (χ0n) is 14.9. The maximum Gasteiger partial charge on any atom is 0.191 e. The predicted molar refractivity (Wildman–Crippen MR) is 102 cm³/mol. The average Bonchev–Trinajstić information content (AvgIpc) is 3.01. The van der Waals surface area contributed by atoms with E-state index in [1.165, 1.54) is 10.4 Å². The second kappa shape index (κ2) is 9.39. The molecule has 1 aromatic carbocycles. The van der Waals surface area contributed by atoms with Gasteiger partial charge in [-0.25, -0.2) is 4.98 Å². The van der Waals surface area contributed by atoms with Crippen molar-refractivity contribution >= 4 is 17.3 Å². The van der Waals surface area contributed by atoms with Crippen LogP contribution in [-0.4, -0.2) is 42.5 Å². The Balaban J connectivity index is 1.75. The molecule has 0 spiro atoms. The lowest BCUT2D eigenvalue weighted by atomic mass is 10.2. The molecule has 130 valence electrons. The number of aryl methyl sites for hydroxylation is 1. The Kier molecular flexibility index (Phi) is 7.21. The van der Waals surface area contributed by atoms with Crippen LogP contribution in [0, 0.1) is 6.92 Å². The fraction of sp³-hybridized carbons (Fsp3) is 0.444. The molecule has 6 heteroatoms. The lowest BCUT2D eigenvalue weighted by Crippen LogP contribution is -2.44. The number of hydrogen-bond donors (Lipinski definition) is 2. The van der Waals surface area contributed by atoms with Crippen LogP contribution in [0.4, 0.5) is 0 Å². The van der Waals surface area contributed by atoms with Crippen LogP contribution >= 0.6 is 11.3 Å². The quantitative estimate of drug-likeness (QED) is 0.598. The third-order valence-corrected chi connectivity index (χ3v) is 4.80. The molecule has 0 saturated heterocycles. The summed E-state index contributed by atoms with van der Waals surface area (Å²) in [5.41, 5.74) is 1.33. The van der Waals surface area contributed by atoms with Crippen LogP contribution in [-0.2, 0) is 13.1 Å². The standard InChI is InChI=1S/C18H27N5S/c1-14(23(4)13-16-8-6-5-7-9-16)10-21-18(19-3)22-12-17-20-11-15(2)24-17/h5-9,11,14H,10,12-13H2,1-4H3,(H2,19,21,22). The number of likely N-dealkylation sites (N-methyl/N-ethyl adjacent to an activating group) is 1. The highest BCUT2D eigenvalue weighted by Gasteiger charge is 2.10. The molecular formula is C18H27N5S. The molecule has 0 radical (unpaired) electrons. The van der Waals surface area contributed by atoms with Gasteiger partial charge >= 0.3 is 0 Å². The van der Waals surface area contributed by atoms with Gasteiger partial charge in [-0.2, -0.15) is 0 Å². The van der Waals surface area contributed by atoms with E-state index in [1.807, 2.05) is 12.3 Å². The molecule has 0 aliphatic rings. The molecule has 2 aromatic rings.